The molecular formula is C22H23N5O3. The average molecular weight is 405 g/mol. The molecule has 1 aliphatic heterocycles. The summed E-state index contributed by atoms with van der Waals surface area (Å²) in [4.78, 5) is 10.6. The number of phenols is 1. The third-order valence-electron chi connectivity index (χ3n) is 5.49. The molecule has 0 spiro atoms. The maximum atomic E-state index is 11.0. The van der Waals surface area contributed by atoms with Gasteiger partial charge in [0, 0.05) is 41.9 Å². The molecule has 0 amide bonds. The fourth-order valence-corrected chi connectivity index (χ4v) is 4.06. The number of nitro groups is 1. The van der Waals surface area contributed by atoms with Gasteiger partial charge in [-0.25, -0.2) is 0 Å². The van der Waals surface area contributed by atoms with Gasteiger partial charge in [0.1, 0.15) is 5.75 Å². The number of phenolic OH excluding ortho intramolecular Hbond substituents is 1. The van der Waals surface area contributed by atoms with E-state index in [2.05, 4.69) is 18.9 Å². The van der Waals surface area contributed by atoms with E-state index in [0.717, 1.165) is 40.5 Å². The molecule has 1 atom stereocenters. The standard InChI is InChI=1S/C22H23N5O3/c1-4-25-15(3)22(14(2)23-25)21-13-20(16-6-5-7-19(28)12-16)24-26(21)17-8-10-18(11-9-17)27(29)30/h5-12,21,28H,4,13H2,1-3H3. The van der Waals surface area contributed by atoms with Crippen molar-refractivity contribution in [2.24, 2.45) is 5.10 Å². The van der Waals surface area contributed by atoms with Crippen molar-refractivity contribution < 1.29 is 10.0 Å². The van der Waals surface area contributed by atoms with Crippen LogP contribution in [0.1, 0.15) is 41.9 Å². The number of hydrazone groups is 1. The highest BCUT2D eigenvalue weighted by molar-refractivity contribution is 6.03. The van der Waals surface area contributed by atoms with Gasteiger partial charge in [-0.1, -0.05) is 12.1 Å². The van der Waals surface area contributed by atoms with Gasteiger partial charge in [0.15, 0.2) is 0 Å². The highest BCUT2D eigenvalue weighted by Crippen LogP contribution is 2.39. The fraction of sp³-hybridized carbons (Fsp3) is 0.273. The van der Waals surface area contributed by atoms with Gasteiger partial charge in [-0.05, 0) is 45.0 Å². The SMILES string of the molecule is CCn1nc(C)c(C2CC(c3cccc(O)c3)=NN2c2ccc([N+](=O)[O-])cc2)c1C. The van der Waals surface area contributed by atoms with E-state index in [4.69, 9.17) is 5.10 Å². The number of hydrogen-bond donors (Lipinski definition) is 1. The number of nitrogens with zero attached hydrogens (tertiary/aromatic N) is 5. The number of aromatic nitrogens is 2. The number of benzene rings is 2. The smallest absolute Gasteiger partial charge is 0.269 e. The number of aromatic hydroxyl groups is 1. The average Bonchev–Trinajstić information content (AvgIpc) is 3.28. The van der Waals surface area contributed by atoms with Crippen LogP contribution in [-0.4, -0.2) is 25.5 Å². The maximum absolute atomic E-state index is 11.0. The van der Waals surface area contributed by atoms with Crippen molar-refractivity contribution in [3.8, 4) is 5.75 Å². The molecule has 0 radical (unpaired) electrons. The van der Waals surface area contributed by atoms with Crippen LogP contribution >= 0.6 is 0 Å². The number of anilines is 1. The summed E-state index contributed by atoms with van der Waals surface area (Å²) >= 11 is 0. The van der Waals surface area contributed by atoms with E-state index < -0.39 is 4.92 Å². The summed E-state index contributed by atoms with van der Waals surface area (Å²) in [7, 11) is 0. The van der Waals surface area contributed by atoms with E-state index in [1.807, 2.05) is 22.7 Å². The predicted octanol–water partition coefficient (Wildman–Crippen LogP) is 4.49. The molecule has 1 aliphatic rings. The van der Waals surface area contributed by atoms with Gasteiger partial charge in [0.2, 0.25) is 0 Å². The number of hydrogen-bond acceptors (Lipinski definition) is 6. The van der Waals surface area contributed by atoms with E-state index in [-0.39, 0.29) is 17.5 Å². The van der Waals surface area contributed by atoms with Crippen LogP contribution in [0.25, 0.3) is 0 Å². The van der Waals surface area contributed by atoms with Crippen molar-refractivity contribution in [1.29, 1.82) is 0 Å². The van der Waals surface area contributed by atoms with Crippen molar-refractivity contribution in [2.45, 2.75) is 39.8 Å². The third kappa shape index (κ3) is 3.41. The summed E-state index contributed by atoms with van der Waals surface area (Å²) in [6.45, 7) is 6.88. The van der Waals surface area contributed by atoms with E-state index in [9.17, 15) is 15.2 Å². The molecule has 1 N–H and O–H groups in total. The van der Waals surface area contributed by atoms with E-state index in [0.29, 0.717) is 6.42 Å². The lowest BCUT2D eigenvalue weighted by atomic mass is 9.96. The topological polar surface area (TPSA) is 96.8 Å². The number of rotatable bonds is 5. The minimum atomic E-state index is -0.410. The Morgan fingerprint density at radius 3 is 2.53 bits per heavy atom. The first-order valence-electron chi connectivity index (χ1n) is 9.83. The third-order valence-corrected chi connectivity index (χ3v) is 5.49. The minimum absolute atomic E-state index is 0.0397. The second kappa shape index (κ2) is 7.62. The van der Waals surface area contributed by atoms with Gasteiger partial charge in [-0.3, -0.25) is 19.8 Å². The summed E-state index contributed by atoms with van der Waals surface area (Å²) in [5, 5.41) is 32.4. The molecule has 0 saturated heterocycles. The molecular weight excluding hydrogens is 382 g/mol. The molecule has 154 valence electrons. The Morgan fingerprint density at radius 1 is 1.20 bits per heavy atom. The van der Waals surface area contributed by atoms with Crippen molar-refractivity contribution in [3.05, 3.63) is 81.2 Å². The molecule has 1 unspecified atom stereocenters. The zero-order valence-electron chi connectivity index (χ0n) is 17.1. The Morgan fingerprint density at radius 2 is 1.93 bits per heavy atom. The molecule has 1 aromatic heterocycles. The Kier molecular flexibility index (Phi) is 4.99. The van der Waals surface area contributed by atoms with Gasteiger partial charge in [-0.2, -0.15) is 10.2 Å². The van der Waals surface area contributed by atoms with Crippen LogP contribution in [-0.2, 0) is 6.54 Å². The van der Waals surface area contributed by atoms with E-state index in [1.165, 1.54) is 12.1 Å². The summed E-state index contributed by atoms with van der Waals surface area (Å²) < 4.78 is 1.98. The monoisotopic (exact) mass is 405 g/mol. The van der Waals surface area contributed by atoms with Crippen LogP contribution in [0.15, 0.2) is 53.6 Å². The van der Waals surface area contributed by atoms with Crippen LogP contribution in [0.2, 0.25) is 0 Å². The van der Waals surface area contributed by atoms with Gasteiger partial charge >= 0.3 is 0 Å². The first-order chi connectivity index (χ1) is 14.4. The van der Waals surface area contributed by atoms with Crippen LogP contribution in [0, 0.1) is 24.0 Å². The number of non-ortho nitro benzene ring substituents is 1. The fourth-order valence-electron chi connectivity index (χ4n) is 4.06. The van der Waals surface area contributed by atoms with Crippen molar-refractivity contribution in [2.75, 3.05) is 5.01 Å². The number of aryl methyl sites for hydroxylation is 2. The molecule has 0 saturated carbocycles. The molecule has 8 heteroatoms. The summed E-state index contributed by atoms with van der Waals surface area (Å²) in [5.74, 6) is 0.187. The zero-order chi connectivity index (χ0) is 21.4. The minimum Gasteiger partial charge on any atom is -0.508 e. The van der Waals surface area contributed by atoms with Gasteiger partial charge in [0.25, 0.3) is 5.69 Å². The second-order valence-electron chi connectivity index (χ2n) is 7.34. The zero-order valence-corrected chi connectivity index (χ0v) is 17.1. The second-order valence-corrected chi connectivity index (χ2v) is 7.34. The van der Waals surface area contributed by atoms with Crippen molar-refractivity contribution in [1.82, 2.24) is 9.78 Å². The van der Waals surface area contributed by atoms with Gasteiger partial charge in [-0.15, -0.1) is 0 Å². The maximum Gasteiger partial charge on any atom is 0.269 e. The lowest BCUT2D eigenvalue weighted by molar-refractivity contribution is -0.384. The first kappa shape index (κ1) is 19.6. The van der Waals surface area contributed by atoms with Crippen molar-refractivity contribution in [3.63, 3.8) is 0 Å². The highest BCUT2D eigenvalue weighted by Gasteiger charge is 2.34. The number of nitro benzene ring substituents is 1. The van der Waals surface area contributed by atoms with Gasteiger partial charge in [0.05, 0.1) is 28.1 Å². The quantitative estimate of drug-likeness (QED) is 0.498. The van der Waals surface area contributed by atoms with Crippen LogP contribution in [0.3, 0.4) is 0 Å². The van der Waals surface area contributed by atoms with Crippen LogP contribution < -0.4 is 5.01 Å². The normalized spacial score (nSPS) is 16.0. The van der Waals surface area contributed by atoms with Crippen LogP contribution in [0.4, 0.5) is 11.4 Å². The largest absolute Gasteiger partial charge is 0.508 e. The highest BCUT2D eigenvalue weighted by atomic mass is 16.6. The summed E-state index contributed by atoms with van der Waals surface area (Å²) in [6.07, 6.45) is 0.636. The molecule has 2 aromatic carbocycles. The molecule has 4 rings (SSSR count). The van der Waals surface area contributed by atoms with Crippen LogP contribution in [0.5, 0.6) is 5.75 Å². The molecule has 0 aliphatic carbocycles. The Balaban J connectivity index is 1.80. The molecule has 8 nitrogen and oxygen atoms in total. The van der Waals surface area contributed by atoms with E-state index >= 15 is 0 Å². The van der Waals surface area contributed by atoms with E-state index in [1.54, 1.807) is 30.3 Å². The lowest BCUT2D eigenvalue weighted by Gasteiger charge is -2.24. The Hall–Kier alpha value is -3.68. The summed E-state index contributed by atoms with van der Waals surface area (Å²) in [6, 6.07) is 13.4. The van der Waals surface area contributed by atoms with Gasteiger partial charge < -0.3 is 5.11 Å². The molecule has 3 aromatic rings. The Bertz CT molecular complexity index is 1130. The summed E-state index contributed by atoms with van der Waals surface area (Å²) in [5.41, 5.74) is 5.63. The van der Waals surface area contributed by atoms with Crippen molar-refractivity contribution >= 4 is 17.1 Å². The molecule has 0 fully saturated rings. The molecule has 2 heterocycles. The lowest BCUT2D eigenvalue weighted by Crippen LogP contribution is -2.20. The predicted molar refractivity (Wildman–Crippen MR) is 115 cm³/mol. The molecule has 30 heavy (non-hydrogen) atoms. The Labute approximate surface area is 174 Å². The first-order valence-corrected chi connectivity index (χ1v) is 9.83. The molecule has 0 bridgehead atoms.